The van der Waals surface area contributed by atoms with Gasteiger partial charge in [0.2, 0.25) is 0 Å². The van der Waals surface area contributed by atoms with Crippen molar-refractivity contribution in [3.63, 3.8) is 0 Å². The predicted octanol–water partition coefficient (Wildman–Crippen LogP) is 1.72. The summed E-state index contributed by atoms with van der Waals surface area (Å²) in [4.78, 5) is 2.43. The number of likely N-dealkylation sites (tertiary alicyclic amines) is 1. The first-order chi connectivity index (χ1) is 6.09. The summed E-state index contributed by atoms with van der Waals surface area (Å²) in [5, 5.41) is 4.01. The van der Waals surface area contributed by atoms with E-state index in [0.717, 1.165) is 6.04 Å². The van der Waals surface area contributed by atoms with E-state index in [9.17, 15) is 0 Å². The number of nitrogens with zero attached hydrogens (tertiary/aromatic N) is 1. The SMILES string of the molecule is CC(C)NC1CCN(C(C)S)CC1. The van der Waals surface area contributed by atoms with E-state index >= 15 is 0 Å². The first kappa shape index (κ1) is 11.3. The molecule has 1 unspecified atom stereocenters. The van der Waals surface area contributed by atoms with Gasteiger partial charge in [-0.2, -0.15) is 12.6 Å². The van der Waals surface area contributed by atoms with Crippen molar-refractivity contribution in [1.82, 2.24) is 10.2 Å². The lowest BCUT2D eigenvalue weighted by atomic mass is 10.0. The summed E-state index contributed by atoms with van der Waals surface area (Å²) in [6, 6.07) is 1.34. The van der Waals surface area contributed by atoms with E-state index in [0.29, 0.717) is 11.4 Å². The average Bonchev–Trinajstić information content (AvgIpc) is 2.04. The van der Waals surface area contributed by atoms with Crippen molar-refractivity contribution in [1.29, 1.82) is 0 Å². The van der Waals surface area contributed by atoms with Crippen molar-refractivity contribution in [3.8, 4) is 0 Å². The molecule has 1 atom stereocenters. The standard InChI is InChI=1S/C10H22N2S/c1-8(2)11-10-4-6-12(7-5-10)9(3)13/h8-11,13H,4-7H2,1-3H3. The first-order valence-electron chi connectivity index (χ1n) is 5.27. The van der Waals surface area contributed by atoms with E-state index in [-0.39, 0.29) is 0 Å². The van der Waals surface area contributed by atoms with Crippen molar-refractivity contribution in [2.24, 2.45) is 0 Å². The van der Waals surface area contributed by atoms with Crippen molar-refractivity contribution in [3.05, 3.63) is 0 Å². The number of nitrogens with one attached hydrogen (secondary N) is 1. The van der Waals surface area contributed by atoms with Crippen molar-refractivity contribution in [2.45, 2.75) is 51.1 Å². The van der Waals surface area contributed by atoms with Gasteiger partial charge < -0.3 is 5.32 Å². The highest BCUT2D eigenvalue weighted by Crippen LogP contribution is 2.14. The molecule has 0 aromatic rings. The molecule has 0 spiro atoms. The van der Waals surface area contributed by atoms with Crippen molar-refractivity contribution < 1.29 is 0 Å². The van der Waals surface area contributed by atoms with Crippen LogP contribution in [0, 0.1) is 0 Å². The molecule has 1 saturated heterocycles. The largest absolute Gasteiger partial charge is 0.312 e. The van der Waals surface area contributed by atoms with Crippen LogP contribution in [0.2, 0.25) is 0 Å². The summed E-state index contributed by atoms with van der Waals surface area (Å²) in [5.74, 6) is 0. The number of thiol groups is 1. The molecule has 1 aliphatic rings. The summed E-state index contributed by atoms with van der Waals surface area (Å²) in [7, 11) is 0. The van der Waals surface area contributed by atoms with Crippen LogP contribution in [0.25, 0.3) is 0 Å². The number of hydrogen-bond acceptors (Lipinski definition) is 3. The number of rotatable bonds is 3. The third-order valence-corrected chi connectivity index (χ3v) is 2.95. The Hall–Kier alpha value is 0.270. The molecular formula is C10H22N2S. The zero-order chi connectivity index (χ0) is 9.84. The summed E-state index contributed by atoms with van der Waals surface area (Å²) >= 11 is 4.45. The maximum absolute atomic E-state index is 4.45. The lowest BCUT2D eigenvalue weighted by Gasteiger charge is -2.35. The Morgan fingerprint density at radius 2 is 1.77 bits per heavy atom. The molecule has 13 heavy (non-hydrogen) atoms. The predicted molar refractivity (Wildman–Crippen MR) is 61.3 cm³/mol. The summed E-state index contributed by atoms with van der Waals surface area (Å²) in [5.41, 5.74) is 0. The Labute approximate surface area is 87.5 Å². The first-order valence-corrected chi connectivity index (χ1v) is 5.79. The molecule has 0 aliphatic carbocycles. The van der Waals surface area contributed by atoms with E-state index in [2.05, 4.69) is 43.6 Å². The molecule has 2 nitrogen and oxygen atoms in total. The second kappa shape index (κ2) is 5.23. The van der Waals surface area contributed by atoms with Gasteiger partial charge in [0, 0.05) is 30.5 Å². The minimum absolute atomic E-state index is 0.417. The molecule has 78 valence electrons. The van der Waals surface area contributed by atoms with E-state index in [1.165, 1.54) is 25.9 Å². The van der Waals surface area contributed by atoms with Gasteiger partial charge in [-0.15, -0.1) is 0 Å². The maximum atomic E-state index is 4.45. The monoisotopic (exact) mass is 202 g/mol. The fourth-order valence-corrected chi connectivity index (χ4v) is 2.14. The Bertz CT molecular complexity index is 140. The molecule has 1 rings (SSSR count). The molecule has 1 N–H and O–H groups in total. The Balaban J connectivity index is 2.22. The highest BCUT2D eigenvalue weighted by Gasteiger charge is 2.20. The van der Waals surface area contributed by atoms with Gasteiger partial charge in [-0.25, -0.2) is 0 Å². The van der Waals surface area contributed by atoms with E-state index in [1.807, 2.05) is 0 Å². The van der Waals surface area contributed by atoms with Gasteiger partial charge in [-0.3, -0.25) is 4.90 Å². The van der Waals surface area contributed by atoms with Crippen LogP contribution in [0.3, 0.4) is 0 Å². The molecule has 1 heterocycles. The van der Waals surface area contributed by atoms with Gasteiger partial charge in [0.1, 0.15) is 0 Å². The number of hydrogen-bond donors (Lipinski definition) is 2. The minimum atomic E-state index is 0.417. The zero-order valence-electron chi connectivity index (χ0n) is 8.95. The Morgan fingerprint density at radius 1 is 1.23 bits per heavy atom. The minimum Gasteiger partial charge on any atom is -0.312 e. The summed E-state index contributed by atoms with van der Waals surface area (Å²) < 4.78 is 0. The maximum Gasteiger partial charge on any atom is 0.0499 e. The van der Waals surface area contributed by atoms with Crippen LogP contribution < -0.4 is 5.32 Å². The van der Waals surface area contributed by atoms with Crippen LogP contribution in [-0.4, -0.2) is 35.4 Å². The fourth-order valence-electron chi connectivity index (χ4n) is 1.91. The molecule has 0 aromatic heterocycles. The van der Waals surface area contributed by atoms with Crippen LogP contribution >= 0.6 is 12.6 Å². The van der Waals surface area contributed by atoms with Gasteiger partial charge in [-0.1, -0.05) is 13.8 Å². The highest BCUT2D eigenvalue weighted by atomic mass is 32.1. The molecule has 0 radical (unpaired) electrons. The average molecular weight is 202 g/mol. The van der Waals surface area contributed by atoms with Gasteiger partial charge >= 0.3 is 0 Å². The van der Waals surface area contributed by atoms with Crippen molar-refractivity contribution in [2.75, 3.05) is 13.1 Å². The van der Waals surface area contributed by atoms with Crippen LogP contribution in [0.4, 0.5) is 0 Å². The summed E-state index contributed by atoms with van der Waals surface area (Å²) in [6.45, 7) is 8.96. The molecule has 0 amide bonds. The molecular weight excluding hydrogens is 180 g/mol. The molecule has 1 fully saturated rings. The lowest BCUT2D eigenvalue weighted by molar-refractivity contribution is 0.189. The number of piperidine rings is 1. The molecule has 0 aromatic carbocycles. The Kier molecular flexibility index (Phi) is 4.56. The molecule has 3 heteroatoms. The van der Waals surface area contributed by atoms with Gasteiger partial charge in [0.25, 0.3) is 0 Å². The zero-order valence-corrected chi connectivity index (χ0v) is 9.85. The van der Waals surface area contributed by atoms with E-state index < -0.39 is 0 Å². The lowest BCUT2D eigenvalue weighted by Crippen LogP contribution is -2.46. The van der Waals surface area contributed by atoms with E-state index in [1.54, 1.807) is 0 Å². The fraction of sp³-hybridized carbons (Fsp3) is 1.00. The van der Waals surface area contributed by atoms with Crippen LogP contribution in [0.15, 0.2) is 0 Å². The molecule has 1 aliphatic heterocycles. The van der Waals surface area contributed by atoms with Gasteiger partial charge in [0.05, 0.1) is 0 Å². The van der Waals surface area contributed by atoms with Gasteiger partial charge in [0.15, 0.2) is 0 Å². The van der Waals surface area contributed by atoms with E-state index in [4.69, 9.17) is 0 Å². The van der Waals surface area contributed by atoms with Crippen LogP contribution in [0.1, 0.15) is 33.6 Å². The summed E-state index contributed by atoms with van der Waals surface area (Å²) in [6.07, 6.45) is 2.53. The third-order valence-electron chi connectivity index (χ3n) is 2.63. The smallest absolute Gasteiger partial charge is 0.0499 e. The normalized spacial score (nSPS) is 23.8. The van der Waals surface area contributed by atoms with Gasteiger partial charge in [-0.05, 0) is 19.8 Å². The second-order valence-corrected chi connectivity index (χ2v) is 5.01. The van der Waals surface area contributed by atoms with Crippen molar-refractivity contribution >= 4 is 12.6 Å². The highest BCUT2D eigenvalue weighted by molar-refractivity contribution is 7.80. The van der Waals surface area contributed by atoms with Crippen LogP contribution in [-0.2, 0) is 0 Å². The van der Waals surface area contributed by atoms with Crippen LogP contribution in [0.5, 0.6) is 0 Å². The topological polar surface area (TPSA) is 15.3 Å². The molecule has 0 saturated carbocycles. The third kappa shape index (κ3) is 3.88. The molecule has 0 bridgehead atoms. The quantitative estimate of drug-likeness (QED) is 0.678. The Morgan fingerprint density at radius 3 is 2.15 bits per heavy atom. The second-order valence-electron chi connectivity index (χ2n) is 4.26.